The van der Waals surface area contributed by atoms with E-state index in [1.807, 2.05) is 27.7 Å². The molecule has 28 heavy (non-hydrogen) atoms. The van der Waals surface area contributed by atoms with Crippen LogP contribution in [0.25, 0.3) is 6.08 Å². The van der Waals surface area contributed by atoms with Crippen LogP contribution in [0.4, 0.5) is 0 Å². The number of aldehydes is 1. The predicted octanol–water partition coefficient (Wildman–Crippen LogP) is 2.67. The van der Waals surface area contributed by atoms with Gasteiger partial charge in [0.05, 0.1) is 25.4 Å². The fourth-order valence-corrected chi connectivity index (χ4v) is 2.76. The molecule has 0 atom stereocenters. The van der Waals surface area contributed by atoms with Gasteiger partial charge < -0.3 is 24.1 Å². The molecule has 0 radical (unpaired) electrons. The molecule has 0 spiro atoms. The van der Waals surface area contributed by atoms with Crippen LogP contribution in [0.5, 0.6) is 11.5 Å². The van der Waals surface area contributed by atoms with Crippen molar-refractivity contribution in [2.75, 3.05) is 20.8 Å². The van der Waals surface area contributed by atoms with Gasteiger partial charge in [-0.15, -0.1) is 0 Å². The summed E-state index contributed by atoms with van der Waals surface area (Å²) in [4.78, 5) is 23.1. The van der Waals surface area contributed by atoms with Gasteiger partial charge in [0, 0.05) is 19.0 Å². The molecule has 1 saturated heterocycles. The summed E-state index contributed by atoms with van der Waals surface area (Å²) >= 11 is 0. The monoisotopic (exact) mass is 389 g/mol. The van der Waals surface area contributed by atoms with Gasteiger partial charge in [-0.2, -0.15) is 0 Å². The Morgan fingerprint density at radius 3 is 2.00 bits per heavy atom. The second-order valence-electron chi connectivity index (χ2n) is 7.67. The third kappa shape index (κ3) is 4.56. The molecule has 7 nitrogen and oxygen atoms in total. The average molecular weight is 389 g/mol. The van der Waals surface area contributed by atoms with E-state index in [1.54, 1.807) is 18.2 Å². The van der Waals surface area contributed by atoms with Gasteiger partial charge in [0.1, 0.15) is 0 Å². The molecular weight excluding hydrogens is 361 g/mol. The van der Waals surface area contributed by atoms with Crippen LogP contribution in [-0.2, 0) is 14.1 Å². The van der Waals surface area contributed by atoms with Crippen LogP contribution in [-0.4, -0.2) is 51.3 Å². The predicted molar refractivity (Wildman–Crippen MR) is 108 cm³/mol. The van der Waals surface area contributed by atoms with Gasteiger partial charge in [-0.05, 0) is 50.9 Å². The van der Waals surface area contributed by atoms with Crippen LogP contribution in [0.15, 0.2) is 17.6 Å². The summed E-state index contributed by atoms with van der Waals surface area (Å²) in [5, 5.41) is 2.77. The van der Waals surface area contributed by atoms with Gasteiger partial charge in [-0.25, -0.2) is 0 Å². The number of amides is 1. The van der Waals surface area contributed by atoms with Crippen molar-refractivity contribution >= 4 is 25.4 Å². The van der Waals surface area contributed by atoms with Gasteiger partial charge in [0.25, 0.3) is 0 Å². The van der Waals surface area contributed by atoms with Crippen molar-refractivity contribution in [3.63, 3.8) is 0 Å². The van der Waals surface area contributed by atoms with Crippen molar-refractivity contribution in [2.24, 2.45) is 0 Å². The molecule has 0 aliphatic carbocycles. The Kier molecular flexibility index (Phi) is 6.57. The highest BCUT2D eigenvalue weighted by Gasteiger charge is 2.52. The topological polar surface area (TPSA) is 83.1 Å². The van der Waals surface area contributed by atoms with Crippen LogP contribution < -0.4 is 14.8 Å². The number of ether oxygens (including phenoxy) is 2. The number of carbonyl (C=O) groups excluding carboxylic acids is 2. The number of hydrogen-bond acceptors (Lipinski definition) is 6. The van der Waals surface area contributed by atoms with Crippen LogP contribution in [0.3, 0.4) is 0 Å². The molecule has 1 aliphatic rings. The largest absolute Gasteiger partial charge is 0.493 e. The zero-order chi connectivity index (χ0) is 21.1. The molecule has 1 aromatic rings. The summed E-state index contributed by atoms with van der Waals surface area (Å²) in [7, 11) is 2.37. The highest BCUT2D eigenvalue weighted by atomic mass is 16.7. The maximum atomic E-state index is 11.6. The Balaban J connectivity index is 2.51. The van der Waals surface area contributed by atoms with E-state index in [0.717, 1.165) is 6.29 Å². The van der Waals surface area contributed by atoms with Crippen molar-refractivity contribution < 1.29 is 28.4 Å². The van der Waals surface area contributed by atoms with E-state index in [9.17, 15) is 9.59 Å². The van der Waals surface area contributed by atoms with Crippen molar-refractivity contribution in [1.82, 2.24) is 5.32 Å². The molecule has 8 heteroatoms. The minimum atomic E-state index is -0.663. The normalized spacial score (nSPS) is 18.0. The van der Waals surface area contributed by atoms with E-state index in [0.29, 0.717) is 28.1 Å². The van der Waals surface area contributed by atoms with Crippen molar-refractivity contribution in [1.29, 1.82) is 0 Å². The van der Waals surface area contributed by atoms with Gasteiger partial charge in [0.2, 0.25) is 5.91 Å². The molecule has 152 valence electrons. The van der Waals surface area contributed by atoms with Gasteiger partial charge >= 0.3 is 7.12 Å². The standard InChI is InChI=1S/C20H28BNO6/c1-13(24)22-11-16(21-27-19(2,3)20(4,5)28-21)8-14-9-17(25-6)18(26-7)10-15(14)12-23/h8-10,12H,11H2,1-7H3,(H,22,24). The van der Waals surface area contributed by atoms with E-state index in [4.69, 9.17) is 18.8 Å². The molecule has 0 aromatic heterocycles. The van der Waals surface area contributed by atoms with Gasteiger partial charge in [-0.3, -0.25) is 9.59 Å². The lowest BCUT2D eigenvalue weighted by atomic mass is 9.76. The second-order valence-corrected chi connectivity index (χ2v) is 7.67. The Bertz CT molecular complexity index is 771. The van der Waals surface area contributed by atoms with Crippen LogP contribution >= 0.6 is 0 Å². The fourth-order valence-electron chi connectivity index (χ4n) is 2.76. The van der Waals surface area contributed by atoms with E-state index in [2.05, 4.69) is 5.32 Å². The lowest BCUT2D eigenvalue weighted by Gasteiger charge is -2.32. The third-order valence-electron chi connectivity index (χ3n) is 5.15. The first-order valence-corrected chi connectivity index (χ1v) is 9.06. The molecule has 1 N–H and O–H groups in total. The summed E-state index contributed by atoms with van der Waals surface area (Å²) in [5.74, 6) is 0.776. The Morgan fingerprint density at radius 1 is 1.07 bits per heavy atom. The van der Waals surface area contributed by atoms with E-state index >= 15 is 0 Å². The molecule has 1 amide bonds. The highest BCUT2D eigenvalue weighted by Crippen LogP contribution is 2.39. The smallest absolute Gasteiger partial charge is 0.492 e. The quantitative estimate of drug-likeness (QED) is 0.570. The Labute approximate surface area is 166 Å². The van der Waals surface area contributed by atoms with Gasteiger partial charge in [-0.1, -0.05) is 6.08 Å². The summed E-state index contributed by atoms with van der Waals surface area (Å²) in [5.41, 5.74) is 0.664. The molecule has 1 fully saturated rings. The first kappa shape index (κ1) is 22.0. The molecule has 1 aromatic carbocycles. The molecule has 0 saturated carbocycles. The average Bonchev–Trinajstić information content (AvgIpc) is 2.85. The van der Waals surface area contributed by atoms with E-state index in [1.165, 1.54) is 21.1 Å². The molecule has 0 bridgehead atoms. The fraction of sp³-hybridized carbons (Fsp3) is 0.500. The van der Waals surface area contributed by atoms with Crippen LogP contribution in [0.2, 0.25) is 0 Å². The van der Waals surface area contributed by atoms with Crippen molar-refractivity contribution in [2.45, 2.75) is 45.8 Å². The van der Waals surface area contributed by atoms with Crippen molar-refractivity contribution in [3.05, 3.63) is 28.7 Å². The minimum absolute atomic E-state index is 0.176. The Morgan fingerprint density at radius 2 is 1.57 bits per heavy atom. The van der Waals surface area contributed by atoms with Crippen molar-refractivity contribution in [3.8, 4) is 11.5 Å². The SMILES string of the molecule is COc1cc(C=O)c(C=C(CNC(C)=O)B2OC(C)(C)C(C)(C)O2)cc1OC. The maximum Gasteiger partial charge on any atom is 0.492 e. The highest BCUT2D eigenvalue weighted by molar-refractivity contribution is 6.56. The molecule has 1 heterocycles. The van der Waals surface area contributed by atoms with Crippen LogP contribution in [0.1, 0.15) is 50.5 Å². The summed E-state index contributed by atoms with van der Waals surface area (Å²) < 4.78 is 22.8. The van der Waals surface area contributed by atoms with E-state index < -0.39 is 18.3 Å². The molecule has 0 unspecified atom stereocenters. The first-order valence-electron chi connectivity index (χ1n) is 9.06. The number of carbonyl (C=O) groups is 2. The number of methoxy groups -OCH3 is 2. The third-order valence-corrected chi connectivity index (χ3v) is 5.15. The summed E-state index contributed by atoms with van der Waals surface area (Å²) in [6, 6.07) is 3.32. The zero-order valence-corrected chi connectivity index (χ0v) is 17.5. The Hall–Kier alpha value is -2.32. The number of rotatable bonds is 7. The second kappa shape index (κ2) is 8.37. The first-order chi connectivity index (χ1) is 13.0. The zero-order valence-electron chi connectivity index (χ0n) is 17.5. The number of hydrogen-bond donors (Lipinski definition) is 1. The lowest BCUT2D eigenvalue weighted by molar-refractivity contribution is -0.118. The minimum Gasteiger partial charge on any atom is -0.493 e. The van der Waals surface area contributed by atoms with Crippen LogP contribution in [0, 0.1) is 0 Å². The lowest BCUT2D eigenvalue weighted by Crippen LogP contribution is -2.41. The number of benzene rings is 1. The number of nitrogens with one attached hydrogen (secondary N) is 1. The van der Waals surface area contributed by atoms with E-state index in [-0.39, 0.29) is 12.5 Å². The molecule has 2 rings (SSSR count). The molecule has 1 aliphatic heterocycles. The summed E-state index contributed by atoms with van der Waals surface area (Å²) in [6.07, 6.45) is 2.53. The summed E-state index contributed by atoms with van der Waals surface area (Å²) in [6.45, 7) is 9.48. The maximum absolute atomic E-state index is 11.6. The van der Waals surface area contributed by atoms with Gasteiger partial charge in [0.15, 0.2) is 17.8 Å². The molecular formula is C20H28BNO6.